The van der Waals surface area contributed by atoms with E-state index in [2.05, 4.69) is 10.1 Å². The van der Waals surface area contributed by atoms with Gasteiger partial charge in [-0.1, -0.05) is 29.8 Å². The molecule has 0 spiro atoms. The third-order valence-corrected chi connectivity index (χ3v) is 3.47. The molecule has 1 N–H and O–H groups in total. The lowest BCUT2D eigenvalue weighted by Gasteiger charge is -2.04. The number of aromatic nitrogens is 3. The molecule has 2 aromatic heterocycles. The van der Waals surface area contributed by atoms with Crippen molar-refractivity contribution in [1.82, 2.24) is 14.6 Å². The van der Waals surface area contributed by atoms with Gasteiger partial charge in [-0.05, 0) is 13.0 Å². The summed E-state index contributed by atoms with van der Waals surface area (Å²) >= 11 is 6.14. The van der Waals surface area contributed by atoms with Crippen LogP contribution in [-0.4, -0.2) is 27.2 Å². The second-order valence-corrected chi connectivity index (χ2v) is 4.93. The Labute approximate surface area is 130 Å². The Morgan fingerprint density at radius 2 is 2.18 bits per heavy atom. The normalized spacial score (nSPS) is 10.8. The number of carbonyl (C=O) groups excluding carboxylic acids is 1. The van der Waals surface area contributed by atoms with Crippen molar-refractivity contribution in [3.8, 4) is 11.3 Å². The van der Waals surface area contributed by atoms with Gasteiger partial charge in [-0.25, -0.2) is 14.3 Å². The van der Waals surface area contributed by atoms with Gasteiger partial charge in [-0.15, -0.1) is 0 Å². The number of H-pyrrole nitrogens is 1. The molecule has 7 heteroatoms. The van der Waals surface area contributed by atoms with Crippen LogP contribution in [0, 0.1) is 0 Å². The number of nitrogens with one attached hydrogen (secondary N) is 1. The Bertz CT molecular complexity index is 914. The Kier molecular flexibility index (Phi) is 3.68. The van der Waals surface area contributed by atoms with E-state index >= 15 is 0 Å². The first-order valence-electron chi connectivity index (χ1n) is 6.65. The number of hydrogen-bond donors (Lipinski definition) is 1. The zero-order valence-corrected chi connectivity index (χ0v) is 12.4. The van der Waals surface area contributed by atoms with E-state index in [0.29, 0.717) is 16.3 Å². The van der Waals surface area contributed by atoms with Crippen molar-refractivity contribution < 1.29 is 9.53 Å². The van der Waals surface area contributed by atoms with E-state index in [0.717, 1.165) is 0 Å². The van der Waals surface area contributed by atoms with E-state index in [1.54, 1.807) is 31.2 Å². The lowest BCUT2D eigenvalue weighted by molar-refractivity contribution is 0.0528. The minimum Gasteiger partial charge on any atom is -0.462 e. The molecule has 0 saturated heterocycles. The van der Waals surface area contributed by atoms with Crippen LogP contribution in [-0.2, 0) is 4.74 Å². The number of ether oxygens (including phenoxy) is 1. The molecule has 0 unspecified atom stereocenters. The van der Waals surface area contributed by atoms with Crippen molar-refractivity contribution >= 4 is 23.2 Å². The molecule has 22 heavy (non-hydrogen) atoms. The number of rotatable bonds is 3. The summed E-state index contributed by atoms with van der Waals surface area (Å²) in [6.45, 7) is 1.95. The number of halogens is 1. The van der Waals surface area contributed by atoms with Gasteiger partial charge in [0.25, 0.3) is 5.56 Å². The number of carbonyl (C=O) groups is 1. The standard InChI is InChI=1S/C15H12ClN3O3/c1-2-22-15(21)10-8-17-19-13(20)7-12(18-14(10)19)9-5-3-4-6-11(9)16/h3-8,17H,2H2,1H3. The van der Waals surface area contributed by atoms with Crippen molar-refractivity contribution in [2.45, 2.75) is 6.92 Å². The number of esters is 1. The predicted molar refractivity (Wildman–Crippen MR) is 82.2 cm³/mol. The summed E-state index contributed by atoms with van der Waals surface area (Å²) in [5.41, 5.74) is 1.10. The average molecular weight is 318 g/mol. The van der Waals surface area contributed by atoms with Crippen LogP contribution in [0.3, 0.4) is 0 Å². The van der Waals surface area contributed by atoms with Gasteiger partial charge in [0, 0.05) is 22.8 Å². The van der Waals surface area contributed by atoms with Crippen molar-refractivity contribution in [1.29, 1.82) is 0 Å². The molecule has 0 bridgehead atoms. The lowest BCUT2D eigenvalue weighted by Crippen LogP contribution is -2.15. The van der Waals surface area contributed by atoms with E-state index in [4.69, 9.17) is 16.3 Å². The van der Waals surface area contributed by atoms with Gasteiger partial charge in [-0.3, -0.25) is 9.89 Å². The summed E-state index contributed by atoms with van der Waals surface area (Å²) in [7, 11) is 0. The second-order valence-electron chi connectivity index (χ2n) is 4.53. The average Bonchev–Trinajstić information content (AvgIpc) is 2.92. The van der Waals surface area contributed by atoms with Crippen LogP contribution in [0.5, 0.6) is 0 Å². The first-order chi connectivity index (χ1) is 10.6. The fourth-order valence-corrected chi connectivity index (χ4v) is 2.38. The Morgan fingerprint density at radius 1 is 1.41 bits per heavy atom. The van der Waals surface area contributed by atoms with Crippen LogP contribution in [0.15, 0.2) is 41.3 Å². The van der Waals surface area contributed by atoms with Gasteiger partial charge in [0.1, 0.15) is 5.56 Å². The molecule has 0 radical (unpaired) electrons. The van der Waals surface area contributed by atoms with Crippen LogP contribution in [0.4, 0.5) is 0 Å². The van der Waals surface area contributed by atoms with Gasteiger partial charge in [-0.2, -0.15) is 0 Å². The molecule has 0 fully saturated rings. The van der Waals surface area contributed by atoms with Gasteiger partial charge < -0.3 is 4.74 Å². The van der Waals surface area contributed by atoms with Crippen molar-refractivity contribution in [3.63, 3.8) is 0 Å². The SMILES string of the molecule is CCOC(=O)c1c[nH]n2c(=O)cc(-c3ccccc3Cl)nc12. The zero-order chi connectivity index (χ0) is 15.7. The minimum absolute atomic E-state index is 0.202. The molecule has 2 heterocycles. The highest BCUT2D eigenvalue weighted by Gasteiger charge is 2.17. The molecular formula is C15H12ClN3O3. The fraction of sp³-hybridized carbons (Fsp3) is 0.133. The predicted octanol–water partition coefficient (Wildman–Crippen LogP) is 2.52. The molecular weight excluding hydrogens is 306 g/mol. The highest BCUT2D eigenvalue weighted by atomic mass is 35.5. The van der Waals surface area contributed by atoms with Gasteiger partial charge >= 0.3 is 5.97 Å². The van der Waals surface area contributed by atoms with Crippen molar-refractivity contribution in [3.05, 3.63) is 57.5 Å². The molecule has 1 aromatic carbocycles. The van der Waals surface area contributed by atoms with Crippen LogP contribution in [0.1, 0.15) is 17.3 Å². The maximum absolute atomic E-state index is 12.2. The van der Waals surface area contributed by atoms with E-state index < -0.39 is 5.97 Å². The van der Waals surface area contributed by atoms with Gasteiger partial charge in [0.2, 0.25) is 0 Å². The summed E-state index contributed by atoms with van der Waals surface area (Å²) in [6, 6.07) is 8.42. The smallest absolute Gasteiger partial charge is 0.343 e. The number of fused-ring (bicyclic) bond motifs is 1. The quantitative estimate of drug-likeness (QED) is 0.753. The van der Waals surface area contributed by atoms with Crippen LogP contribution in [0.2, 0.25) is 5.02 Å². The van der Waals surface area contributed by atoms with Crippen molar-refractivity contribution in [2.75, 3.05) is 6.61 Å². The Hall–Kier alpha value is -2.60. The summed E-state index contributed by atoms with van der Waals surface area (Å²) in [5, 5.41) is 3.18. The fourth-order valence-electron chi connectivity index (χ4n) is 2.15. The highest BCUT2D eigenvalue weighted by Crippen LogP contribution is 2.25. The summed E-state index contributed by atoms with van der Waals surface area (Å²) in [4.78, 5) is 28.5. The maximum Gasteiger partial charge on any atom is 0.343 e. The molecule has 3 aromatic rings. The van der Waals surface area contributed by atoms with Gasteiger partial charge in [0.05, 0.1) is 12.3 Å². The summed E-state index contributed by atoms with van der Waals surface area (Å²) in [5.74, 6) is -0.538. The zero-order valence-electron chi connectivity index (χ0n) is 11.7. The monoisotopic (exact) mass is 317 g/mol. The molecule has 0 aliphatic heterocycles. The Morgan fingerprint density at radius 3 is 2.91 bits per heavy atom. The Balaban J connectivity index is 2.23. The number of nitrogens with zero attached hydrogens (tertiary/aromatic N) is 2. The van der Waals surface area contributed by atoms with Crippen LogP contribution >= 0.6 is 11.6 Å². The van der Waals surface area contributed by atoms with E-state index in [-0.39, 0.29) is 23.4 Å². The molecule has 6 nitrogen and oxygen atoms in total. The number of hydrogen-bond acceptors (Lipinski definition) is 4. The highest BCUT2D eigenvalue weighted by molar-refractivity contribution is 6.33. The van der Waals surface area contributed by atoms with E-state index in [9.17, 15) is 9.59 Å². The summed E-state index contributed by atoms with van der Waals surface area (Å²) in [6.07, 6.45) is 1.40. The second kappa shape index (κ2) is 5.65. The first kappa shape index (κ1) is 14.3. The largest absolute Gasteiger partial charge is 0.462 e. The third-order valence-electron chi connectivity index (χ3n) is 3.14. The van der Waals surface area contributed by atoms with E-state index in [1.165, 1.54) is 16.8 Å². The van der Waals surface area contributed by atoms with Crippen molar-refractivity contribution in [2.24, 2.45) is 0 Å². The first-order valence-corrected chi connectivity index (χ1v) is 7.03. The molecule has 0 aliphatic rings. The van der Waals surface area contributed by atoms with Crippen LogP contribution < -0.4 is 5.56 Å². The number of aromatic amines is 1. The molecule has 0 aliphatic carbocycles. The lowest BCUT2D eigenvalue weighted by atomic mass is 10.1. The number of benzene rings is 1. The molecule has 0 saturated carbocycles. The molecule has 0 atom stereocenters. The summed E-state index contributed by atoms with van der Waals surface area (Å²) < 4.78 is 6.15. The van der Waals surface area contributed by atoms with Crippen LogP contribution in [0.25, 0.3) is 16.9 Å². The molecule has 3 rings (SSSR count). The third kappa shape index (κ3) is 2.37. The van der Waals surface area contributed by atoms with E-state index in [1.807, 2.05) is 0 Å². The molecule has 0 amide bonds. The topological polar surface area (TPSA) is 76.5 Å². The minimum atomic E-state index is -0.538. The van der Waals surface area contributed by atoms with Gasteiger partial charge in [0.15, 0.2) is 5.65 Å². The maximum atomic E-state index is 12.2. The molecule has 112 valence electrons.